The van der Waals surface area contributed by atoms with Crippen LogP contribution in [0.25, 0.3) is 21.7 Å². The van der Waals surface area contributed by atoms with Crippen molar-refractivity contribution in [1.29, 1.82) is 0 Å². The first-order valence-electron chi connectivity index (χ1n) is 10.2. The van der Waals surface area contributed by atoms with Gasteiger partial charge in [-0.2, -0.15) is 0 Å². The second kappa shape index (κ2) is 8.22. The molecule has 0 amide bonds. The highest BCUT2D eigenvalue weighted by molar-refractivity contribution is 6.06. The predicted molar refractivity (Wildman–Crippen MR) is 113 cm³/mol. The molecule has 1 fully saturated rings. The Morgan fingerprint density at radius 2 is 1.77 bits per heavy atom. The van der Waals surface area contributed by atoms with Gasteiger partial charge in [-0.3, -0.25) is 0 Å². The molecule has 1 aliphatic heterocycles. The first-order chi connectivity index (χ1) is 14.7. The van der Waals surface area contributed by atoms with Gasteiger partial charge in [0.2, 0.25) is 6.29 Å². The van der Waals surface area contributed by atoms with Crippen molar-refractivity contribution in [3.05, 3.63) is 51.9 Å². The number of rotatable bonds is 4. The Labute approximate surface area is 178 Å². The molecule has 0 radical (unpaired) electrons. The van der Waals surface area contributed by atoms with Gasteiger partial charge in [0.25, 0.3) is 0 Å². The van der Waals surface area contributed by atoms with Crippen LogP contribution in [-0.4, -0.2) is 57.7 Å². The van der Waals surface area contributed by atoms with Crippen LogP contribution >= 0.6 is 0 Å². The van der Waals surface area contributed by atoms with E-state index >= 15 is 0 Å². The summed E-state index contributed by atoms with van der Waals surface area (Å²) in [5, 5.41) is 41.8. The van der Waals surface area contributed by atoms with E-state index in [1.54, 1.807) is 12.1 Å². The number of hydrogen-bond donors (Lipinski definition) is 4. The van der Waals surface area contributed by atoms with Crippen LogP contribution in [-0.2, 0) is 4.74 Å². The molecule has 4 rings (SSSR count). The van der Waals surface area contributed by atoms with Crippen molar-refractivity contribution >= 4 is 21.7 Å². The van der Waals surface area contributed by atoms with E-state index in [0.29, 0.717) is 22.3 Å². The summed E-state index contributed by atoms with van der Waals surface area (Å²) in [6, 6.07) is 9.06. The number of benzene rings is 2. The number of fused-ring (bicyclic) bond motifs is 3. The third-order valence-electron chi connectivity index (χ3n) is 5.79. The minimum Gasteiger partial charge on any atom is -0.462 e. The molecule has 4 N–H and O–H groups in total. The lowest BCUT2D eigenvalue weighted by Gasteiger charge is -2.39. The summed E-state index contributed by atoms with van der Waals surface area (Å²) in [5.41, 5.74) is 1.35. The van der Waals surface area contributed by atoms with Gasteiger partial charge < -0.3 is 34.3 Å². The van der Waals surface area contributed by atoms with Gasteiger partial charge in [-0.15, -0.1) is 0 Å². The van der Waals surface area contributed by atoms with Crippen LogP contribution in [0.15, 0.2) is 39.5 Å². The molecule has 1 saturated heterocycles. The lowest BCUT2D eigenvalue weighted by molar-refractivity contribution is -0.277. The Morgan fingerprint density at radius 3 is 2.45 bits per heavy atom. The molecular formula is C23H26O8. The van der Waals surface area contributed by atoms with E-state index in [1.165, 1.54) is 0 Å². The highest BCUT2D eigenvalue weighted by Gasteiger charge is 2.45. The van der Waals surface area contributed by atoms with Crippen molar-refractivity contribution < 1.29 is 34.3 Å². The minimum atomic E-state index is -1.55. The van der Waals surface area contributed by atoms with Gasteiger partial charge in [-0.05, 0) is 30.5 Å². The molecule has 0 aliphatic carbocycles. The van der Waals surface area contributed by atoms with Crippen LogP contribution in [0.4, 0.5) is 0 Å². The van der Waals surface area contributed by atoms with Crippen LogP contribution in [0.1, 0.15) is 30.9 Å². The SMILES string of the molecule is Cc1cccc2c1c(=O)oc1c(C(C)C)c(O[C@@H]3O[C@H](CO)[C@@H](O)[C@H](O)[C@H]3O)ccc12. The normalized spacial score (nSPS) is 26.6. The number of aryl methyl sites for hydroxylation is 1. The van der Waals surface area contributed by atoms with Gasteiger partial charge in [0.15, 0.2) is 0 Å². The van der Waals surface area contributed by atoms with Crippen LogP contribution < -0.4 is 10.4 Å². The summed E-state index contributed by atoms with van der Waals surface area (Å²) in [6.45, 7) is 5.12. The van der Waals surface area contributed by atoms with Crippen LogP contribution in [0.5, 0.6) is 5.75 Å². The van der Waals surface area contributed by atoms with E-state index in [9.17, 15) is 25.2 Å². The Hall–Kier alpha value is -2.49. The average Bonchev–Trinajstić information content (AvgIpc) is 2.73. The molecule has 31 heavy (non-hydrogen) atoms. The summed E-state index contributed by atoms with van der Waals surface area (Å²) in [5.74, 6) is 0.191. The molecule has 1 aliphatic rings. The second-order valence-corrected chi connectivity index (χ2v) is 8.21. The zero-order chi connectivity index (χ0) is 22.4. The Bertz CT molecular complexity index is 1170. The van der Waals surface area contributed by atoms with E-state index in [0.717, 1.165) is 16.3 Å². The van der Waals surface area contributed by atoms with Crippen LogP contribution in [0, 0.1) is 6.92 Å². The van der Waals surface area contributed by atoms with Gasteiger partial charge in [0.05, 0.1) is 12.0 Å². The summed E-state index contributed by atoms with van der Waals surface area (Å²) in [4.78, 5) is 12.7. The molecule has 166 valence electrons. The van der Waals surface area contributed by atoms with Crippen molar-refractivity contribution in [1.82, 2.24) is 0 Å². The van der Waals surface area contributed by atoms with Crippen LogP contribution in [0.3, 0.4) is 0 Å². The summed E-state index contributed by atoms with van der Waals surface area (Å²) < 4.78 is 17.1. The molecule has 5 atom stereocenters. The molecule has 2 aromatic carbocycles. The molecular weight excluding hydrogens is 404 g/mol. The molecule has 2 heterocycles. The van der Waals surface area contributed by atoms with E-state index < -0.39 is 42.9 Å². The summed E-state index contributed by atoms with van der Waals surface area (Å²) in [6.07, 6.45) is -6.99. The first kappa shape index (κ1) is 21.7. The van der Waals surface area contributed by atoms with Crippen LogP contribution in [0.2, 0.25) is 0 Å². The number of hydrogen-bond acceptors (Lipinski definition) is 8. The van der Waals surface area contributed by atoms with E-state index in [-0.39, 0.29) is 5.92 Å². The molecule has 0 unspecified atom stereocenters. The molecule has 0 saturated carbocycles. The largest absolute Gasteiger partial charge is 0.462 e. The summed E-state index contributed by atoms with van der Waals surface area (Å²) in [7, 11) is 0. The van der Waals surface area contributed by atoms with Crippen molar-refractivity contribution in [2.75, 3.05) is 6.61 Å². The summed E-state index contributed by atoms with van der Waals surface area (Å²) >= 11 is 0. The standard InChI is InChI=1S/C23H26O8/c1-10(2)16-14(29-23-20(27)19(26)18(25)15(9-24)30-23)8-7-13-12-6-4-5-11(3)17(12)22(28)31-21(13)16/h4-8,10,15,18-20,23-27H,9H2,1-3H3/t15-,18-,19+,20-,23-/m1/s1. The second-order valence-electron chi connectivity index (χ2n) is 8.21. The van der Waals surface area contributed by atoms with Gasteiger partial charge in [0.1, 0.15) is 35.7 Å². The van der Waals surface area contributed by atoms with Crippen molar-refractivity contribution in [2.45, 2.75) is 57.4 Å². The Kier molecular flexibility index (Phi) is 5.76. The van der Waals surface area contributed by atoms with Gasteiger partial charge in [0, 0.05) is 16.3 Å². The highest BCUT2D eigenvalue weighted by Crippen LogP contribution is 2.38. The first-order valence-corrected chi connectivity index (χ1v) is 10.2. The fraction of sp³-hybridized carbons (Fsp3) is 0.435. The number of ether oxygens (including phenoxy) is 2. The maximum Gasteiger partial charge on any atom is 0.344 e. The lowest BCUT2D eigenvalue weighted by Crippen LogP contribution is -2.60. The van der Waals surface area contributed by atoms with E-state index in [1.807, 2.05) is 39.0 Å². The fourth-order valence-corrected chi connectivity index (χ4v) is 4.15. The zero-order valence-corrected chi connectivity index (χ0v) is 17.5. The Morgan fingerprint density at radius 1 is 1.03 bits per heavy atom. The van der Waals surface area contributed by atoms with Crippen molar-refractivity contribution in [3.8, 4) is 5.75 Å². The van der Waals surface area contributed by atoms with Gasteiger partial charge in [-0.1, -0.05) is 32.0 Å². The Balaban J connectivity index is 1.85. The zero-order valence-electron chi connectivity index (χ0n) is 17.5. The molecule has 8 nitrogen and oxygen atoms in total. The van der Waals surface area contributed by atoms with Crippen molar-refractivity contribution in [3.63, 3.8) is 0 Å². The van der Waals surface area contributed by atoms with E-state index in [4.69, 9.17) is 13.9 Å². The molecule has 0 spiro atoms. The minimum absolute atomic E-state index is 0.117. The van der Waals surface area contributed by atoms with E-state index in [2.05, 4.69) is 0 Å². The van der Waals surface area contributed by atoms with Crippen molar-refractivity contribution in [2.24, 2.45) is 0 Å². The fourth-order valence-electron chi connectivity index (χ4n) is 4.15. The third kappa shape index (κ3) is 3.60. The van der Waals surface area contributed by atoms with Gasteiger partial charge in [-0.25, -0.2) is 4.79 Å². The maximum atomic E-state index is 12.7. The predicted octanol–water partition coefficient (Wildman–Crippen LogP) is 1.56. The monoisotopic (exact) mass is 430 g/mol. The average molecular weight is 430 g/mol. The highest BCUT2D eigenvalue weighted by atomic mass is 16.7. The number of aliphatic hydroxyl groups excluding tert-OH is 4. The molecule has 1 aromatic heterocycles. The maximum absolute atomic E-state index is 12.7. The topological polar surface area (TPSA) is 130 Å². The molecule has 8 heteroatoms. The lowest BCUT2D eigenvalue weighted by atomic mass is 9.96. The molecule has 3 aromatic rings. The quantitative estimate of drug-likeness (QED) is 0.362. The van der Waals surface area contributed by atoms with Gasteiger partial charge >= 0.3 is 5.63 Å². The third-order valence-corrected chi connectivity index (χ3v) is 5.79. The number of aliphatic hydroxyl groups is 4. The smallest absolute Gasteiger partial charge is 0.344 e. The molecule has 0 bridgehead atoms.